The molecule has 0 atom stereocenters. The molecule has 2 N–H and O–H groups in total. The number of rotatable bonds is 13. The van der Waals surface area contributed by atoms with Crippen molar-refractivity contribution in [2.24, 2.45) is 0 Å². The van der Waals surface area contributed by atoms with Crippen molar-refractivity contribution in [3.8, 4) is 0 Å². The Morgan fingerprint density at radius 1 is 0.704 bits per heavy atom. The Labute approximate surface area is 168 Å². The van der Waals surface area contributed by atoms with Crippen LogP contribution in [0.5, 0.6) is 0 Å². The Morgan fingerprint density at radius 2 is 1.04 bits per heavy atom. The highest BCUT2D eigenvalue weighted by Gasteiger charge is 2.34. The van der Waals surface area contributed by atoms with E-state index in [0.717, 1.165) is 0 Å². The normalized spacial score (nSPS) is 11.8. The number of benzene rings is 1. The predicted molar refractivity (Wildman–Crippen MR) is 124 cm³/mol. The maximum atomic E-state index is 10.5. The number of hydrogen-bond acceptors (Lipinski definition) is 1. The van der Waals surface area contributed by atoms with Crippen molar-refractivity contribution < 1.29 is 14.4 Å². The van der Waals surface area contributed by atoms with Crippen LogP contribution in [0.2, 0.25) is 0 Å². The average Bonchev–Trinajstić information content (AvgIpc) is 2.67. The fraction of sp³-hybridized carbons (Fsp3) is 0.727. The van der Waals surface area contributed by atoms with Crippen molar-refractivity contribution in [3.63, 3.8) is 0 Å². The van der Waals surface area contributed by atoms with Gasteiger partial charge in [0, 0.05) is 7.26 Å². The van der Waals surface area contributed by atoms with E-state index in [1.807, 2.05) is 0 Å². The molecule has 0 fully saturated rings. The monoisotopic (exact) mass is 417 g/mol. The van der Waals surface area contributed by atoms with E-state index < -0.39 is 14.9 Å². The molecule has 3 nitrogen and oxygen atoms in total. The summed E-state index contributed by atoms with van der Waals surface area (Å²) in [7, 11) is -4.58. The Bertz CT molecular complexity index is 462. The highest BCUT2D eigenvalue weighted by molar-refractivity contribution is 7.75. The second kappa shape index (κ2) is 15.7. The van der Waals surface area contributed by atoms with Crippen LogP contribution in [-0.2, 0) is 4.57 Å². The second-order valence-electron chi connectivity index (χ2n) is 7.53. The first-order chi connectivity index (χ1) is 12.8. The summed E-state index contributed by atoms with van der Waals surface area (Å²) >= 11 is 0. The van der Waals surface area contributed by atoms with Crippen LogP contribution in [0.4, 0.5) is 0 Å². The molecule has 0 aliphatic carbocycles. The topological polar surface area (TPSA) is 57.5 Å². The molecule has 0 radical (unpaired) electrons. The maximum Gasteiger partial charge on any atom is 0.356 e. The van der Waals surface area contributed by atoms with Gasteiger partial charge in [-0.05, 0) is 37.8 Å². The Morgan fingerprint density at radius 3 is 1.26 bits per heavy atom. The van der Waals surface area contributed by atoms with E-state index in [4.69, 9.17) is 9.79 Å². The predicted octanol–water partition coefficient (Wildman–Crippen LogP) is 6.69. The van der Waals surface area contributed by atoms with Gasteiger partial charge in [-0.3, -0.25) is 4.57 Å². The van der Waals surface area contributed by atoms with Crippen LogP contribution in [0.3, 0.4) is 0 Å². The highest BCUT2D eigenvalue weighted by Crippen LogP contribution is 2.61. The molecule has 0 bridgehead atoms. The van der Waals surface area contributed by atoms with Crippen LogP contribution >= 0.6 is 14.9 Å². The lowest BCUT2D eigenvalue weighted by molar-refractivity contribution is 0.387. The molecule has 0 aliphatic heterocycles. The summed E-state index contributed by atoms with van der Waals surface area (Å²) in [6.45, 7) is 9.42. The molecule has 0 unspecified atom stereocenters. The van der Waals surface area contributed by atoms with Crippen LogP contribution in [0.1, 0.15) is 79.1 Å². The van der Waals surface area contributed by atoms with Crippen LogP contribution in [0.15, 0.2) is 30.3 Å². The van der Waals surface area contributed by atoms with Crippen molar-refractivity contribution in [1.29, 1.82) is 0 Å². The minimum atomic E-state index is -4.02. The molecular formula is C22H43O3P2+. The quantitative estimate of drug-likeness (QED) is 0.351. The van der Waals surface area contributed by atoms with Crippen molar-refractivity contribution in [2.45, 2.75) is 79.1 Å². The van der Waals surface area contributed by atoms with Crippen molar-refractivity contribution in [1.82, 2.24) is 0 Å². The molecule has 0 amide bonds. The van der Waals surface area contributed by atoms with Gasteiger partial charge in [0.2, 0.25) is 0 Å². The molecule has 0 aromatic heterocycles. The second-order valence-corrected chi connectivity index (χ2v) is 13.6. The van der Waals surface area contributed by atoms with E-state index in [1.165, 1.54) is 63.5 Å². The highest BCUT2D eigenvalue weighted by atomic mass is 31.2. The first-order valence-corrected chi connectivity index (χ1v) is 15.0. The summed E-state index contributed by atoms with van der Waals surface area (Å²) in [5, 5.41) is 0.0648. The third-order valence-corrected chi connectivity index (χ3v) is 11.1. The Hall–Kier alpha value is -0.200. The molecule has 27 heavy (non-hydrogen) atoms. The zero-order chi connectivity index (χ0) is 20.6. The smallest absolute Gasteiger partial charge is 0.321 e. The van der Waals surface area contributed by atoms with Crippen LogP contribution in [0, 0.1) is 0 Å². The van der Waals surface area contributed by atoms with Gasteiger partial charge in [-0.2, -0.15) is 0 Å². The molecule has 158 valence electrons. The van der Waals surface area contributed by atoms with E-state index >= 15 is 0 Å². The third-order valence-electron chi connectivity index (χ3n) is 5.04. The van der Waals surface area contributed by atoms with Gasteiger partial charge in [0.05, 0.1) is 30.0 Å². The average molecular weight is 418 g/mol. The third kappa shape index (κ3) is 12.8. The van der Waals surface area contributed by atoms with Gasteiger partial charge in [0.1, 0.15) is 0 Å². The van der Waals surface area contributed by atoms with Gasteiger partial charge in [-0.25, -0.2) is 0 Å². The standard InChI is InChI=1S/C16H36P.C6H7O3P/c1-5-9-13-17(14-10-6-2,15-11-7-3)16-12-8-4;7-10(8,9)6-4-2-1-3-5-6/h5-16H2,1-4H3;1-5H,(H2,7,8,9)/q+1;. The van der Waals surface area contributed by atoms with Gasteiger partial charge < -0.3 is 9.79 Å². The minimum Gasteiger partial charge on any atom is -0.321 e. The van der Waals surface area contributed by atoms with Crippen molar-refractivity contribution in [2.75, 3.05) is 24.6 Å². The van der Waals surface area contributed by atoms with E-state index in [0.29, 0.717) is 0 Å². The summed E-state index contributed by atoms with van der Waals surface area (Å²) in [5.41, 5.74) is 0. The lowest BCUT2D eigenvalue weighted by Crippen LogP contribution is -2.12. The van der Waals surface area contributed by atoms with Crippen molar-refractivity contribution in [3.05, 3.63) is 30.3 Å². The van der Waals surface area contributed by atoms with E-state index in [2.05, 4.69) is 27.7 Å². The molecular weight excluding hydrogens is 374 g/mol. The number of unbranched alkanes of at least 4 members (excludes halogenated alkanes) is 4. The fourth-order valence-electron chi connectivity index (χ4n) is 3.27. The van der Waals surface area contributed by atoms with Crippen LogP contribution in [-0.4, -0.2) is 34.4 Å². The van der Waals surface area contributed by atoms with Gasteiger partial charge in [0.25, 0.3) is 0 Å². The van der Waals surface area contributed by atoms with E-state index in [9.17, 15) is 4.57 Å². The van der Waals surface area contributed by atoms with Crippen molar-refractivity contribution >= 4 is 20.2 Å². The summed E-state index contributed by atoms with van der Waals surface area (Å²) in [6, 6.07) is 7.70. The zero-order valence-electron chi connectivity index (χ0n) is 18.1. The number of hydrogen-bond donors (Lipinski definition) is 2. The Kier molecular flexibility index (Phi) is 15.6. The summed E-state index contributed by atoms with van der Waals surface area (Å²) in [4.78, 5) is 17.2. The van der Waals surface area contributed by atoms with Gasteiger partial charge >= 0.3 is 7.60 Å². The molecule has 1 aromatic carbocycles. The maximum absolute atomic E-state index is 10.5. The first kappa shape index (κ1) is 26.8. The largest absolute Gasteiger partial charge is 0.356 e. The summed E-state index contributed by atoms with van der Waals surface area (Å²) < 4.78 is 10.5. The summed E-state index contributed by atoms with van der Waals surface area (Å²) in [6.07, 6.45) is 17.9. The minimum absolute atomic E-state index is 0.0648. The van der Waals surface area contributed by atoms with Gasteiger partial charge in [-0.15, -0.1) is 0 Å². The molecule has 1 rings (SSSR count). The van der Waals surface area contributed by atoms with Gasteiger partial charge in [0.15, 0.2) is 0 Å². The van der Waals surface area contributed by atoms with E-state index in [1.54, 1.807) is 42.8 Å². The molecule has 0 saturated heterocycles. The fourth-order valence-corrected chi connectivity index (χ4v) is 9.12. The first-order valence-electron chi connectivity index (χ1n) is 10.8. The lowest BCUT2D eigenvalue weighted by Gasteiger charge is -2.28. The zero-order valence-corrected chi connectivity index (χ0v) is 19.9. The summed E-state index contributed by atoms with van der Waals surface area (Å²) in [5.74, 6) is 0. The van der Waals surface area contributed by atoms with Crippen LogP contribution < -0.4 is 5.30 Å². The molecule has 0 heterocycles. The molecule has 0 saturated carbocycles. The lowest BCUT2D eigenvalue weighted by atomic mass is 10.4. The van der Waals surface area contributed by atoms with Gasteiger partial charge in [-0.1, -0.05) is 71.6 Å². The van der Waals surface area contributed by atoms with Crippen LogP contribution in [0.25, 0.3) is 0 Å². The SMILES string of the molecule is CCCC[P+](CCCC)(CCCC)CCCC.O=P(O)(O)c1ccccc1. The van der Waals surface area contributed by atoms with E-state index in [-0.39, 0.29) is 5.30 Å². The Balaban J connectivity index is 0.000000569. The molecule has 0 spiro atoms. The molecule has 0 aliphatic rings. The molecule has 5 heteroatoms. The molecule has 1 aromatic rings.